The molecule has 0 unspecified atom stereocenters. The predicted octanol–water partition coefficient (Wildman–Crippen LogP) is 0.990. The maximum absolute atomic E-state index is 11.3. The molecular weight excluding hydrogens is 182 g/mol. The molecule has 0 aromatic heterocycles. The Labute approximate surface area is 81.6 Å². The van der Waals surface area contributed by atoms with Gasteiger partial charge in [-0.25, -0.2) is 4.79 Å². The van der Waals surface area contributed by atoms with Gasteiger partial charge >= 0.3 is 5.97 Å². The van der Waals surface area contributed by atoms with Crippen LogP contribution in [0, 0.1) is 0 Å². The quantitative estimate of drug-likeness (QED) is 0.533. The van der Waals surface area contributed by atoms with Crippen LogP contribution in [0.1, 0.15) is 15.9 Å². The van der Waals surface area contributed by atoms with Crippen molar-refractivity contribution < 1.29 is 14.3 Å². The molecule has 1 heterocycles. The Balaban J connectivity index is 2.50. The van der Waals surface area contributed by atoms with E-state index < -0.39 is 5.97 Å². The van der Waals surface area contributed by atoms with Crippen molar-refractivity contribution in [2.24, 2.45) is 0 Å². The maximum Gasteiger partial charge on any atom is 0.340 e. The average molecular weight is 193 g/mol. The molecule has 0 radical (unpaired) electrons. The first-order valence-corrected chi connectivity index (χ1v) is 4.36. The van der Waals surface area contributed by atoms with Gasteiger partial charge in [0.15, 0.2) is 0 Å². The number of rotatable bonds is 1. The third-order valence-electron chi connectivity index (χ3n) is 2.30. The molecule has 0 fully saturated rings. The number of benzene rings is 1. The van der Waals surface area contributed by atoms with Crippen LogP contribution in [0.3, 0.4) is 0 Å². The minimum Gasteiger partial charge on any atom is -0.491 e. The van der Waals surface area contributed by atoms with Gasteiger partial charge in [0.25, 0.3) is 0 Å². The third-order valence-corrected chi connectivity index (χ3v) is 2.30. The van der Waals surface area contributed by atoms with Gasteiger partial charge in [-0.1, -0.05) is 6.07 Å². The van der Waals surface area contributed by atoms with Gasteiger partial charge in [0.2, 0.25) is 0 Å². The van der Waals surface area contributed by atoms with E-state index in [0.29, 0.717) is 23.6 Å². The fraction of sp³-hybridized carbons (Fsp3) is 0.300. The Morgan fingerprint density at radius 3 is 3.07 bits per heavy atom. The van der Waals surface area contributed by atoms with E-state index in [4.69, 9.17) is 10.5 Å². The first kappa shape index (κ1) is 8.87. The molecule has 2 N–H and O–H groups in total. The molecule has 0 saturated heterocycles. The monoisotopic (exact) mass is 193 g/mol. The zero-order chi connectivity index (χ0) is 10.1. The molecule has 1 aromatic rings. The second kappa shape index (κ2) is 3.21. The van der Waals surface area contributed by atoms with Gasteiger partial charge in [-0.15, -0.1) is 0 Å². The van der Waals surface area contributed by atoms with Crippen molar-refractivity contribution in [3.05, 3.63) is 23.3 Å². The summed E-state index contributed by atoms with van der Waals surface area (Å²) in [7, 11) is 1.33. The number of ether oxygens (including phenoxy) is 2. The lowest BCUT2D eigenvalue weighted by molar-refractivity contribution is 0.0601. The number of anilines is 1. The number of esters is 1. The summed E-state index contributed by atoms with van der Waals surface area (Å²) in [6, 6.07) is 3.53. The fourth-order valence-corrected chi connectivity index (χ4v) is 1.56. The first-order valence-electron chi connectivity index (χ1n) is 4.36. The van der Waals surface area contributed by atoms with E-state index in [1.165, 1.54) is 7.11 Å². The molecule has 0 spiro atoms. The van der Waals surface area contributed by atoms with E-state index >= 15 is 0 Å². The maximum atomic E-state index is 11.3. The van der Waals surface area contributed by atoms with E-state index in [1.54, 1.807) is 6.07 Å². The fourth-order valence-electron chi connectivity index (χ4n) is 1.56. The van der Waals surface area contributed by atoms with Gasteiger partial charge in [0.1, 0.15) is 5.75 Å². The van der Waals surface area contributed by atoms with Gasteiger partial charge < -0.3 is 15.2 Å². The number of nitrogen functional groups attached to an aromatic ring is 1. The average Bonchev–Trinajstić information content (AvgIpc) is 2.66. The van der Waals surface area contributed by atoms with Crippen molar-refractivity contribution in [1.29, 1.82) is 0 Å². The highest BCUT2D eigenvalue weighted by atomic mass is 16.5. The van der Waals surface area contributed by atoms with Gasteiger partial charge in [-0.3, -0.25) is 0 Å². The molecule has 0 aliphatic carbocycles. The number of carbonyl (C=O) groups is 1. The molecule has 1 aromatic carbocycles. The molecule has 2 rings (SSSR count). The zero-order valence-corrected chi connectivity index (χ0v) is 7.87. The van der Waals surface area contributed by atoms with E-state index in [2.05, 4.69) is 4.74 Å². The lowest BCUT2D eigenvalue weighted by Crippen LogP contribution is -2.06. The molecule has 1 aliphatic rings. The topological polar surface area (TPSA) is 61.5 Å². The summed E-state index contributed by atoms with van der Waals surface area (Å²) in [5.41, 5.74) is 7.59. The van der Waals surface area contributed by atoms with E-state index in [9.17, 15) is 4.79 Å². The van der Waals surface area contributed by atoms with Crippen molar-refractivity contribution in [3.63, 3.8) is 0 Å². The molecule has 0 bridgehead atoms. The highest BCUT2D eigenvalue weighted by Gasteiger charge is 2.20. The Hall–Kier alpha value is -1.71. The van der Waals surface area contributed by atoms with Crippen LogP contribution < -0.4 is 10.5 Å². The highest BCUT2D eigenvalue weighted by Crippen LogP contribution is 2.34. The van der Waals surface area contributed by atoms with Crippen LogP contribution in [0.2, 0.25) is 0 Å². The third kappa shape index (κ3) is 1.19. The number of hydrogen-bond acceptors (Lipinski definition) is 4. The van der Waals surface area contributed by atoms with Crippen LogP contribution in [-0.2, 0) is 11.2 Å². The predicted molar refractivity (Wildman–Crippen MR) is 51.4 cm³/mol. The number of fused-ring (bicyclic) bond motifs is 1. The van der Waals surface area contributed by atoms with Gasteiger partial charge in [0.05, 0.1) is 25.0 Å². The van der Waals surface area contributed by atoms with Crippen LogP contribution in [0.5, 0.6) is 5.75 Å². The summed E-state index contributed by atoms with van der Waals surface area (Å²) >= 11 is 0. The van der Waals surface area contributed by atoms with Crippen molar-refractivity contribution in [1.82, 2.24) is 0 Å². The van der Waals surface area contributed by atoms with Gasteiger partial charge in [-0.2, -0.15) is 0 Å². The van der Waals surface area contributed by atoms with Crippen molar-refractivity contribution in [2.75, 3.05) is 19.5 Å². The second-order valence-corrected chi connectivity index (χ2v) is 3.11. The summed E-state index contributed by atoms with van der Waals surface area (Å²) in [5.74, 6) is 0.203. The molecule has 4 heteroatoms. The normalized spacial score (nSPS) is 13.2. The summed E-state index contributed by atoms with van der Waals surface area (Å²) in [6.45, 7) is 0.629. The minimum absolute atomic E-state index is 0.369. The number of nitrogens with two attached hydrogens (primary N) is 1. The number of methoxy groups -OCH3 is 1. The lowest BCUT2D eigenvalue weighted by atomic mass is 10.1. The summed E-state index contributed by atoms with van der Waals surface area (Å²) in [5, 5.41) is 0. The zero-order valence-electron chi connectivity index (χ0n) is 7.87. The van der Waals surface area contributed by atoms with Crippen LogP contribution in [-0.4, -0.2) is 19.7 Å². The number of hydrogen-bond donors (Lipinski definition) is 1. The molecule has 0 saturated carbocycles. The minimum atomic E-state index is -0.430. The lowest BCUT2D eigenvalue weighted by Gasteiger charge is -2.07. The highest BCUT2D eigenvalue weighted by molar-refractivity contribution is 5.97. The summed E-state index contributed by atoms with van der Waals surface area (Å²) in [6.07, 6.45) is 0.848. The van der Waals surface area contributed by atoms with Crippen LogP contribution in [0.4, 0.5) is 5.69 Å². The van der Waals surface area contributed by atoms with Crippen molar-refractivity contribution in [2.45, 2.75) is 6.42 Å². The van der Waals surface area contributed by atoms with E-state index in [0.717, 1.165) is 12.0 Å². The Bertz CT molecular complexity index is 387. The molecule has 0 atom stereocenters. The van der Waals surface area contributed by atoms with Crippen LogP contribution >= 0.6 is 0 Å². The largest absolute Gasteiger partial charge is 0.491 e. The molecule has 74 valence electrons. The van der Waals surface area contributed by atoms with Gasteiger partial charge in [-0.05, 0) is 11.6 Å². The van der Waals surface area contributed by atoms with Crippen LogP contribution in [0.15, 0.2) is 12.1 Å². The Morgan fingerprint density at radius 2 is 2.36 bits per heavy atom. The molecule has 4 nitrogen and oxygen atoms in total. The second-order valence-electron chi connectivity index (χ2n) is 3.11. The summed E-state index contributed by atoms with van der Waals surface area (Å²) < 4.78 is 9.93. The molecule has 1 aliphatic heterocycles. The Kier molecular flexibility index (Phi) is 2.04. The Morgan fingerprint density at radius 1 is 1.57 bits per heavy atom. The van der Waals surface area contributed by atoms with E-state index in [1.807, 2.05) is 6.07 Å². The van der Waals surface area contributed by atoms with Crippen molar-refractivity contribution in [3.8, 4) is 5.75 Å². The van der Waals surface area contributed by atoms with E-state index in [-0.39, 0.29) is 0 Å². The summed E-state index contributed by atoms with van der Waals surface area (Å²) in [4.78, 5) is 11.3. The number of carbonyl (C=O) groups excluding carboxylic acids is 1. The smallest absolute Gasteiger partial charge is 0.340 e. The van der Waals surface area contributed by atoms with Crippen LogP contribution in [0.25, 0.3) is 0 Å². The van der Waals surface area contributed by atoms with Crippen molar-refractivity contribution >= 4 is 11.7 Å². The first-order chi connectivity index (χ1) is 6.74. The molecule has 0 amide bonds. The van der Waals surface area contributed by atoms with Gasteiger partial charge in [0, 0.05) is 6.42 Å². The molecular formula is C10H11NO3. The SMILES string of the molecule is COC(=O)c1ccc2c(c1N)OCC2. The standard InChI is InChI=1S/C10H11NO3/c1-13-10(12)7-3-2-6-4-5-14-9(6)8(7)11/h2-3H,4-5,11H2,1H3. The molecule has 14 heavy (non-hydrogen) atoms.